The molecule has 2 heterocycles. The molecule has 5 rings (SSSR count). The van der Waals surface area contributed by atoms with E-state index >= 15 is 0 Å². The normalized spacial score (nSPS) is 12.1. The zero-order valence-corrected chi connectivity index (χ0v) is 23.8. The molecule has 0 aliphatic carbocycles. The molecule has 1 atom stereocenters. The smallest absolute Gasteiger partial charge is 0.255 e. The third kappa shape index (κ3) is 5.78. The highest BCUT2D eigenvalue weighted by Crippen LogP contribution is 2.35. The lowest BCUT2D eigenvalue weighted by molar-refractivity contribution is 0.0910. The molecule has 214 valence electrons. The van der Waals surface area contributed by atoms with Crippen molar-refractivity contribution in [3.63, 3.8) is 0 Å². The van der Waals surface area contributed by atoms with Gasteiger partial charge in [-0.1, -0.05) is 42.5 Å². The lowest BCUT2D eigenvalue weighted by Crippen LogP contribution is -2.40. The largest absolute Gasteiger partial charge is 0.755 e. The maximum absolute atomic E-state index is 13.6. The molecular formula is C31H27FN5O4S-. The summed E-state index contributed by atoms with van der Waals surface area (Å²) in [5.74, 6) is -1.19. The molecule has 0 aliphatic heterocycles. The van der Waals surface area contributed by atoms with Crippen molar-refractivity contribution >= 4 is 34.3 Å². The molecule has 11 heteroatoms. The van der Waals surface area contributed by atoms with Crippen LogP contribution in [-0.4, -0.2) is 37.2 Å². The van der Waals surface area contributed by atoms with Crippen molar-refractivity contribution in [3.05, 3.63) is 114 Å². The summed E-state index contributed by atoms with van der Waals surface area (Å²) in [6.07, 6.45) is 1.45. The van der Waals surface area contributed by atoms with Gasteiger partial charge in [0.25, 0.3) is 11.8 Å². The molecule has 1 unspecified atom stereocenters. The first kappa shape index (κ1) is 28.7. The Morgan fingerprint density at radius 3 is 2.31 bits per heavy atom. The molecule has 3 N–H and O–H groups in total. The van der Waals surface area contributed by atoms with Crippen molar-refractivity contribution in [2.24, 2.45) is 0 Å². The lowest BCUT2D eigenvalue weighted by Gasteiger charge is -2.27. The minimum atomic E-state index is -2.68. The van der Waals surface area contributed by atoms with Crippen LogP contribution < -0.4 is 15.4 Å². The Hall–Kier alpha value is -4.87. The fraction of sp³-hybridized carbons (Fsp3) is 0.129. The average Bonchev–Trinajstić information content (AvgIpc) is 3.35. The van der Waals surface area contributed by atoms with Gasteiger partial charge in [-0.15, -0.1) is 0 Å². The molecule has 0 spiro atoms. The van der Waals surface area contributed by atoms with Crippen LogP contribution in [0.3, 0.4) is 0 Å². The molecule has 9 nitrogen and oxygen atoms in total. The summed E-state index contributed by atoms with van der Waals surface area (Å²) in [7, 11) is 1.48. The molecular weight excluding hydrogens is 557 g/mol. The second kappa shape index (κ2) is 11.6. The second-order valence-corrected chi connectivity index (χ2v) is 10.8. The number of amides is 2. The fourth-order valence-corrected chi connectivity index (χ4v) is 5.11. The minimum Gasteiger partial charge on any atom is -0.755 e. The standard InChI is InChI=1S/C31H28FN5O4S/c1-31(2,22-10-5-4-6-11-22)34-29(38)21-9-7-8-20(16-21)24-17-26-27(30(39)33-3)28(19-12-14-23(32)15-13-19)35-37(26)18-25(24)36-42(40)41/h4-18,36H,1-3H3,(H,33,39)(H,34,38)(H,40,41)/p-1. The lowest BCUT2D eigenvalue weighted by atomic mass is 9.93. The van der Waals surface area contributed by atoms with Crippen LogP contribution in [0.25, 0.3) is 27.9 Å². The fourth-order valence-electron chi connectivity index (χ4n) is 4.77. The van der Waals surface area contributed by atoms with Gasteiger partial charge in [0, 0.05) is 35.0 Å². The Labute approximate surface area is 244 Å². The topological polar surface area (TPSA) is 128 Å². The van der Waals surface area contributed by atoms with Crippen molar-refractivity contribution in [1.82, 2.24) is 20.2 Å². The quantitative estimate of drug-likeness (QED) is 0.220. The first-order chi connectivity index (χ1) is 20.1. The number of halogens is 1. The number of hydrogen-bond donors (Lipinski definition) is 3. The summed E-state index contributed by atoms with van der Waals surface area (Å²) in [6.45, 7) is 3.81. The summed E-state index contributed by atoms with van der Waals surface area (Å²) in [4.78, 5) is 26.4. The predicted molar refractivity (Wildman–Crippen MR) is 159 cm³/mol. The van der Waals surface area contributed by atoms with E-state index in [4.69, 9.17) is 0 Å². The number of nitrogens with one attached hydrogen (secondary N) is 3. The van der Waals surface area contributed by atoms with E-state index < -0.39 is 28.5 Å². The van der Waals surface area contributed by atoms with Gasteiger partial charge in [-0.25, -0.2) is 8.91 Å². The van der Waals surface area contributed by atoms with Crippen molar-refractivity contribution < 1.29 is 22.7 Å². The number of hydrogen-bond acceptors (Lipinski definition) is 5. The number of pyridine rings is 1. The SMILES string of the molecule is CNC(=O)c1c(-c2ccc(F)cc2)nn2cc(NS(=O)[O-])c(-c3cccc(C(=O)NC(C)(C)c4ccccc4)c3)cc12. The van der Waals surface area contributed by atoms with Gasteiger partial charge in [0.1, 0.15) is 11.5 Å². The number of anilines is 1. The van der Waals surface area contributed by atoms with E-state index in [0.717, 1.165) is 5.56 Å². The molecule has 0 saturated carbocycles. The third-order valence-electron chi connectivity index (χ3n) is 6.89. The van der Waals surface area contributed by atoms with Crippen molar-refractivity contribution in [1.29, 1.82) is 0 Å². The molecule has 0 bridgehead atoms. The van der Waals surface area contributed by atoms with Crippen LogP contribution in [0.15, 0.2) is 91.1 Å². The second-order valence-electron chi connectivity index (χ2n) is 10.1. The van der Waals surface area contributed by atoms with Gasteiger partial charge in [0.15, 0.2) is 0 Å². The molecule has 42 heavy (non-hydrogen) atoms. The first-order valence-electron chi connectivity index (χ1n) is 13.0. The van der Waals surface area contributed by atoms with Gasteiger partial charge in [0.05, 0.1) is 28.5 Å². The van der Waals surface area contributed by atoms with E-state index in [9.17, 15) is 22.7 Å². The number of aromatic nitrogens is 2. The van der Waals surface area contributed by atoms with Gasteiger partial charge in [-0.05, 0) is 67.4 Å². The summed E-state index contributed by atoms with van der Waals surface area (Å²) in [5.41, 5.74) is 3.15. The molecule has 2 aromatic heterocycles. The highest BCUT2D eigenvalue weighted by molar-refractivity contribution is 7.80. The zero-order chi connectivity index (χ0) is 30.0. The van der Waals surface area contributed by atoms with Gasteiger partial charge in [-0.2, -0.15) is 5.10 Å². The van der Waals surface area contributed by atoms with E-state index in [1.54, 1.807) is 30.3 Å². The van der Waals surface area contributed by atoms with E-state index in [1.807, 2.05) is 44.2 Å². The third-order valence-corrected chi connectivity index (χ3v) is 7.28. The molecule has 0 radical (unpaired) electrons. The van der Waals surface area contributed by atoms with Crippen LogP contribution in [0.5, 0.6) is 0 Å². The summed E-state index contributed by atoms with van der Waals surface area (Å²) < 4.78 is 40.9. The maximum atomic E-state index is 13.6. The molecule has 0 saturated heterocycles. The average molecular weight is 585 g/mol. The molecule has 2 amide bonds. The maximum Gasteiger partial charge on any atom is 0.255 e. The molecule has 3 aromatic carbocycles. The Bertz CT molecular complexity index is 1820. The Morgan fingerprint density at radius 2 is 1.64 bits per heavy atom. The number of carbonyl (C=O) groups is 2. The highest BCUT2D eigenvalue weighted by atomic mass is 32.2. The molecule has 5 aromatic rings. The van der Waals surface area contributed by atoms with Gasteiger partial charge in [0.2, 0.25) is 0 Å². The van der Waals surface area contributed by atoms with Crippen LogP contribution in [0, 0.1) is 5.82 Å². The van der Waals surface area contributed by atoms with Gasteiger partial charge < -0.3 is 19.9 Å². The highest BCUT2D eigenvalue weighted by Gasteiger charge is 2.25. The van der Waals surface area contributed by atoms with E-state index in [0.29, 0.717) is 27.8 Å². The molecule has 0 fully saturated rings. The Morgan fingerprint density at radius 1 is 0.929 bits per heavy atom. The van der Waals surface area contributed by atoms with Gasteiger partial charge >= 0.3 is 0 Å². The van der Waals surface area contributed by atoms with Gasteiger partial charge in [-0.3, -0.25) is 13.8 Å². The predicted octanol–water partition coefficient (Wildman–Crippen LogP) is 5.04. The van der Waals surface area contributed by atoms with Crippen LogP contribution >= 0.6 is 0 Å². The van der Waals surface area contributed by atoms with E-state index in [2.05, 4.69) is 20.5 Å². The Balaban J connectivity index is 1.62. The number of benzene rings is 3. The van der Waals surface area contributed by atoms with Crippen LogP contribution in [0.4, 0.5) is 10.1 Å². The number of nitrogens with zero attached hydrogens (tertiary/aromatic N) is 2. The van der Waals surface area contributed by atoms with Crippen LogP contribution in [0.2, 0.25) is 0 Å². The Kier molecular flexibility index (Phi) is 7.88. The van der Waals surface area contributed by atoms with Crippen molar-refractivity contribution in [2.45, 2.75) is 19.4 Å². The monoisotopic (exact) mass is 584 g/mol. The van der Waals surface area contributed by atoms with Crippen molar-refractivity contribution in [3.8, 4) is 22.4 Å². The minimum absolute atomic E-state index is 0.176. The molecule has 0 aliphatic rings. The van der Waals surface area contributed by atoms with Crippen LogP contribution in [-0.2, 0) is 16.8 Å². The number of carbonyl (C=O) groups excluding carboxylic acids is 2. The van der Waals surface area contributed by atoms with E-state index in [1.165, 1.54) is 42.0 Å². The summed E-state index contributed by atoms with van der Waals surface area (Å²) >= 11 is -2.68. The van der Waals surface area contributed by atoms with E-state index in [-0.39, 0.29) is 22.9 Å². The number of rotatable bonds is 8. The van der Waals surface area contributed by atoms with Crippen molar-refractivity contribution in [2.75, 3.05) is 11.8 Å². The zero-order valence-electron chi connectivity index (χ0n) is 23.0. The van der Waals surface area contributed by atoms with Crippen LogP contribution in [0.1, 0.15) is 40.1 Å². The summed E-state index contributed by atoms with van der Waals surface area (Å²) in [6, 6.07) is 23.5. The number of fused-ring (bicyclic) bond motifs is 1. The first-order valence-corrected chi connectivity index (χ1v) is 14.0. The summed E-state index contributed by atoms with van der Waals surface area (Å²) in [5, 5.41) is 10.2.